The fraction of sp³-hybridized carbons (Fsp3) is 0.348. The van der Waals surface area contributed by atoms with Gasteiger partial charge in [0.25, 0.3) is 5.56 Å². The molecule has 0 saturated carbocycles. The zero-order valence-electron chi connectivity index (χ0n) is 17.3. The molecule has 0 saturated heterocycles. The van der Waals surface area contributed by atoms with Crippen LogP contribution in [0.2, 0.25) is 0 Å². The van der Waals surface area contributed by atoms with Crippen molar-refractivity contribution in [3.63, 3.8) is 0 Å². The number of hydrogen-bond donors (Lipinski definition) is 1. The number of pyridine rings is 1. The second-order valence-corrected chi connectivity index (χ2v) is 10.6. The third kappa shape index (κ3) is 4.74. The van der Waals surface area contributed by atoms with Crippen molar-refractivity contribution in [1.29, 1.82) is 0 Å². The first kappa shape index (κ1) is 21.4. The minimum atomic E-state index is -0.164. The fourth-order valence-corrected chi connectivity index (χ4v) is 4.91. The number of rotatable bonds is 3. The summed E-state index contributed by atoms with van der Waals surface area (Å²) in [5.41, 5.74) is 4.67. The second kappa shape index (κ2) is 8.36. The van der Waals surface area contributed by atoms with E-state index in [1.165, 1.54) is 0 Å². The Bertz CT molecular complexity index is 1110. The summed E-state index contributed by atoms with van der Waals surface area (Å²) in [5, 5.41) is 0. The van der Waals surface area contributed by atoms with E-state index in [2.05, 4.69) is 85.7 Å². The number of nitrogens with zero attached hydrogens (tertiary/aromatic N) is 3. The Morgan fingerprint density at radius 3 is 2.50 bits per heavy atom. The normalized spacial score (nSPS) is 14.6. The van der Waals surface area contributed by atoms with E-state index in [1.54, 1.807) is 0 Å². The molecule has 1 aromatic carbocycles. The van der Waals surface area contributed by atoms with Crippen molar-refractivity contribution in [2.75, 3.05) is 6.54 Å². The molecule has 3 aromatic rings. The summed E-state index contributed by atoms with van der Waals surface area (Å²) in [7, 11) is 0. The number of halogens is 2. The molecule has 1 aliphatic heterocycles. The van der Waals surface area contributed by atoms with E-state index in [-0.39, 0.29) is 11.0 Å². The van der Waals surface area contributed by atoms with Gasteiger partial charge in [-0.1, -0.05) is 58.7 Å². The van der Waals surface area contributed by atoms with Crippen molar-refractivity contribution in [2.45, 2.75) is 45.7 Å². The summed E-state index contributed by atoms with van der Waals surface area (Å²) in [4.78, 5) is 27.3. The van der Waals surface area contributed by atoms with E-state index in [1.807, 2.05) is 18.3 Å². The Labute approximate surface area is 193 Å². The molecule has 0 bridgehead atoms. The maximum absolute atomic E-state index is 12.6. The lowest BCUT2D eigenvalue weighted by atomic mass is 9.95. The van der Waals surface area contributed by atoms with Crippen molar-refractivity contribution >= 4 is 31.9 Å². The van der Waals surface area contributed by atoms with Crippen LogP contribution in [0, 0.1) is 0 Å². The average Bonchev–Trinajstić information content (AvgIpc) is 2.67. The summed E-state index contributed by atoms with van der Waals surface area (Å²) in [6.07, 6.45) is 2.71. The molecular weight excluding hydrogens is 508 g/mol. The van der Waals surface area contributed by atoms with Gasteiger partial charge < -0.3 is 4.98 Å². The van der Waals surface area contributed by atoms with Crippen molar-refractivity contribution < 1.29 is 0 Å². The SMILES string of the molecule is CC(C)(C)c1nc2c(c(=O)[nH]1)CN(Cc1ccc(-c3cc(Br)cc(Br)c3)nc1)CC2. The minimum Gasteiger partial charge on any atom is -0.310 e. The van der Waals surface area contributed by atoms with Crippen LogP contribution in [0.3, 0.4) is 0 Å². The van der Waals surface area contributed by atoms with Crippen LogP contribution in [0.25, 0.3) is 11.3 Å². The molecule has 0 amide bonds. The minimum absolute atomic E-state index is 0.0108. The summed E-state index contributed by atoms with van der Waals surface area (Å²) < 4.78 is 2.02. The van der Waals surface area contributed by atoms with Gasteiger partial charge in [-0.15, -0.1) is 0 Å². The van der Waals surface area contributed by atoms with Gasteiger partial charge in [0, 0.05) is 52.2 Å². The molecule has 0 radical (unpaired) electrons. The van der Waals surface area contributed by atoms with Gasteiger partial charge in [0.15, 0.2) is 0 Å². The molecule has 1 N–H and O–H groups in total. The molecule has 3 heterocycles. The highest BCUT2D eigenvalue weighted by Crippen LogP contribution is 2.27. The Kier molecular flexibility index (Phi) is 5.97. The maximum Gasteiger partial charge on any atom is 0.255 e. The summed E-state index contributed by atoms with van der Waals surface area (Å²) in [6.45, 7) is 8.45. The number of aromatic amines is 1. The monoisotopic (exact) mass is 530 g/mol. The number of H-pyrrole nitrogens is 1. The lowest BCUT2D eigenvalue weighted by Crippen LogP contribution is -2.37. The van der Waals surface area contributed by atoms with Crippen LogP contribution >= 0.6 is 31.9 Å². The van der Waals surface area contributed by atoms with Crippen LogP contribution in [0.4, 0.5) is 0 Å². The highest BCUT2D eigenvalue weighted by molar-refractivity contribution is 9.11. The summed E-state index contributed by atoms with van der Waals surface area (Å²) >= 11 is 7.05. The third-order valence-electron chi connectivity index (χ3n) is 5.25. The highest BCUT2D eigenvalue weighted by Gasteiger charge is 2.24. The van der Waals surface area contributed by atoms with Gasteiger partial charge in [-0.2, -0.15) is 0 Å². The van der Waals surface area contributed by atoms with Gasteiger partial charge in [-0.05, 0) is 29.8 Å². The van der Waals surface area contributed by atoms with Crippen molar-refractivity contribution in [3.8, 4) is 11.3 Å². The molecule has 5 nitrogen and oxygen atoms in total. The largest absolute Gasteiger partial charge is 0.310 e. The van der Waals surface area contributed by atoms with E-state index in [9.17, 15) is 4.79 Å². The molecule has 0 atom stereocenters. The van der Waals surface area contributed by atoms with Gasteiger partial charge in [0.2, 0.25) is 0 Å². The molecule has 0 unspecified atom stereocenters. The zero-order chi connectivity index (χ0) is 21.5. The molecule has 4 rings (SSSR count). The quantitative estimate of drug-likeness (QED) is 0.503. The van der Waals surface area contributed by atoms with Gasteiger partial charge in [-0.25, -0.2) is 4.98 Å². The number of fused-ring (bicyclic) bond motifs is 1. The fourth-order valence-electron chi connectivity index (χ4n) is 3.62. The van der Waals surface area contributed by atoms with E-state index in [0.717, 1.165) is 62.4 Å². The molecule has 0 aliphatic carbocycles. The smallest absolute Gasteiger partial charge is 0.255 e. The first-order valence-corrected chi connectivity index (χ1v) is 11.5. The number of nitrogens with one attached hydrogen (secondary N) is 1. The molecule has 156 valence electrons. The highest BCUT2D eigenvalue weighted by atomic mass is 79.9. The summed E-state index contributed by atoms with van der Waals surface area (Å²) in [5.74, 6) is 0.763. The first-order valence-electron chi connectivity index (χ1n) is 9.95. The van der Waals surface area contributed by atoms with E-state index >= 15 is 0 Å². The van der Waals surface area contributed by atoms with Gasteiger partial charge in [-0.3, -0.25) is 14.7 Å². The van der Waals surface area contributed by atoms with Crippen molar-refractivity contribution in [1.82, 2.24) is 19.9 Å². The Morgan fingerprint density at radius 2 is 1.87 bits per heavy atom. The third-order valence-corrected chi connectivity index (χ3v) is 6.16. The molecule has 7 heteroatoms. The number of hydrogen-bond acceptors (Lipinski definition) is 4. The maximum atomic E-state index is 12.6. The molecule has 30 heavy (non-hydrogen) atoms. The van der Waals surface area contributed by atoms with Crippen molar-refractivity contribution in [2.24, 2.45) is 0 Å². The van der Waals surface area contributed by atoms with Crippen LogP contribution in [0.5, 0.6) is 0 Å². The molecule has 0 spiro atoms. The summed E-state index contributed by atoms with van der Waals surface area (Å²) in [6, 6.07) is 10.3. The number of benzene rings is 1. The molecule has 0 fully saturated rings. The van der Waals surface area contributed by atoms with Gasteiger partial charge in [0.05, 0.1) is 17.0 Å². The van der Waals surface area contributed by atoms with Crippen LogP contribution < -0.4 is 5.56 Å². The van der Waals surface area contributed by atoms with E-state index in [0.29, 0.717) is 6.54 Å². The Morgan fingerprint density at radius 1 is 1.13 bits per heavy atom. The predicted molar refractivity (Wildman–Crippen MR) is 126 cm³/mol. The lowest BCUT2D eigenvalue weighted by Gasteiger charge is -2.28. The predicted octanol–water partition coefficient (Wildman–Crippen LogP) is 5.21. The number of aromatic nitrogens is 3. The zero-order valence-corrected chi connectivity index (χ0v) is 20.5. The van der Waals surface area contributed by atoms with Crippen LogP contribution in [-0.4, -0.2) is 26.4 Å². The average molecular weight is 532 g/mol. The van der Waals surface area contributed by atoms with Crippen molar-refractivity contribution in [3.05, 3.63) is 78.5 Å². The van der Waals surface area contributed by atoms with Gasteiger partial charge in [0.1, 0.15) is 5.82 Å². The standard InChI is InChI=1S/C23H24Br2N4O/c1-23(2,3)22-27-20-6-7-29(13-18(20)21(30)28-22)12-14-4-5-19(26-11-14)15-8-16(24)10-17(25)9-15/h4-5,8-11H,6-7,12-13H2,1-3H3,(H,27,28,30). The van der Waals surface area contributed by atoms with Crippen LogP contribution in [0.15, 0.2) is 50.3 Å². The molecule has 2 aromatic heterocycles. The van der Waals surface area contributed by atoms with Crippen LogP contribution in [-0.2, 0) is 24.9 Å². The topological polar surface area (TPSA) is 61.9 Å². The Hall–Kier alpha value is -1.83. The van der Waals surface area contributed by atoms with E-state index < -0.39 is 0 Å². The Balaban J connectivity index is 1.49. The van der Waals surface area contributed by atoms with E-state index in [4.69, 9.17) is 4.98 Å². The lowest BCUT2D eigenvalue weighted by molar-refractivity contribution is 0.240. The molecule has 1 aliphatic rings. The second-order valence-electron chi connectivity index (χ2n) is 8.76. The van der Waals surface area contributed by atoms with Crippen LogP contribution in [0.1, 0.15) is 43.4 Å². The molecular formula is C23H24Br2N4O. The van der Waals surface area contributed by atoms with Gasteiger partial charge >= 0.3 is 0 Å². The first-order chi connectivity index (χ1) is 14.2.